The van der Waals surface area contributed by atoms with E-state index in [1.54, 1.807) is 42.6 Å². The molecule has 0 aromatic carbocycles. The molecule has 2 aliphatic rings. The summed E-state index contributed by atoms with van der Waals surface area (Å²) < 4.78 is 0. The van der Waals surface area contributed by atoms with Crippen molar-refractivity contribution in [3.63, 3.8) is 0 Å². The van der Waals surface area contributed by atoms with Crippen molar-refractivity contribution >= 4 is 17.5 Å². The second-order valence-electron chi connectivity index (χ2n) is 4.87. The third-order valence-corrected chi connectivity index (χ3v) is 3.33. The van der Waals surface area contributed by atoms with Gasteiger partial charge < -0.3 is 5.32 Å². The molecule has 2 amide bonds. The number of nitrogens with one attached hydrogen (secondary N) is 1. The lowest BCUT2D eigenvalue weighted by molar-refractivity contribution is -0.116. The van der Waals surface area contributed by atoms with Crippen LogP contribution in [0, 0.1) is 5.92 Å². The van der Waals surface area contributed by atoms with Gasteiger partial charge in [0.15, 0.2) is 0 Å². The Labute approximate surface area is 121 Å². The van der Waals surface area contributed by atoms with Crippen LogP contribution in [0.2, 0.25) is 0 Å². The zero-order valence-electron chi connectivity index (χ0n) is 11.4. The molecule has 5 nitrogen and oxygen atoms in total. The van der Waals surface area contributed by atoms with Crippen LogP contribution in [0.25, 0.3) is 0 Å². The lowest BCUT2D eigenvalue weighted by atomic mass is 9.89. The van der Waals surface area contributed by atoms with Gasteiger partial charge in [0.2, 0.25) is 5.91 Å². The molecular weight excluding hydrogens is 266 g/mol. The van der Waals surface area contributed by atoms with E-state index in [-0.39, 0.29) is 11.8 Å². The van der Waals surface area contributed by atoms with E-state index in [2.05, 4.69) is 15.3 Å². The predicted molar refractivity (Wildman–Crippen MR) is 78.6 cm³/mol. The normalized spacial score (nSPS) is 22.2. The molecule has 0 spiro atoms. The number of nitrogens with zero attached hydrogens (tertiary/aromatic N) is 2. The number of amides is 2. The molecule has 0 saturated carbocycles. The summed E-state index contributed by atoms with van der Waals surface area (Å²) in [5.74, 6) is -0.507. The van der Waals surface area contributed by atoms with Gasteiger partial charge in [0, 0.05) is 23.9 Å². The van der Waals surface area contributed by atoms with Crippen LogP contribution in [-0.4, -0.2) is 22.5 Å². The van der Waals surface area contributed by atoms with Crippen molar-refractivity contribution in [3.05, 3.63) is 65.7 Å². The molecule has 1 N–H and O–H groups in total. The van der Waals surface area contributed by atoms with Gasteiger partial charge in [-0.25, -0.2) is 4.99 Å². The number of hydrogen-bond donors (Lipinski definition) is 1. The molecule has 1 aromatic rings. The molecule has 104 valence electrons. The van der Waals surface area contributed by atoms with E-state index in [1.807, 2.05) is 13.0 Å². The maximum absolute atomic E-state index is 12.0. The van der Waals surface area contributed by atoms with Crippen LogP contribution in [0.4, 0.5) is 0 Å². The first-order valence-electron chi connectivity index (χ1n) is 6.56. The van der Waals surface area contributed by atoms with E-state index < -0.39 is 5.91 Å². The van der Waals surface area contributed by atoms with Gasteiger partial charge in [-0.1, -0.05) is 17.7 Å². The highest BCUT2D eigenvalue weighted by Crippen LogP contribution is 2.26. The summed E-state index contributed by atoms with van der Waals surface area (Å²) in [6.07, 6.45) is 8.55. The fourth-order valence-electron chi connectivity index (χ4n) is 2.31. The lowest BCUT2D eigenvalue weighted by Gasteiger charge is -2.25. The summed E-state index contributed by atoms with van der Waals surface area (Å²) in [5, 5.41) is 2.78. The summed E-state index contributed by atoms with van der Waals surface area (Å²) in [4.78, 5) is 31.5. The Balaban J connectivity index is 1.88. The number of aliphatic imine (C=N–C) groups is 1. The Morgan fingerprint density at radius 1 is 1.33 bits per heavy atom. The highest BCUT2D eigenvalue weighted by molar-refractivity contribution is 6.13. The largest absolute Gasteiger partial charge is 0.325 e. The second kappa shape index (κ2) is 5.28. The van der Waals surface area contributed by atoms with Crippen LogP contribution < -0.4 is 5.32 Å². The van der Waals surface area contributed by atoms with E-state index in [1.165, 1.54) is 0 Å². The smallest absolute Gasteiger partial charge is 0.296 e. The maximum Gasteiger partial charge on any atom is 0.296 e. The standard InChI is InChI=1S/C16H13N3O2/c1-10-8-15(20)19-14-9-11(5-6-12(10)14)18-16(21)13-4-2-3-7-17-13/h2-9,12H,1H3,(H,19,20). The van der Waals surface area contributed by atoms with E-state index in [9.17, 15) is 9.59 Å². The number of fused-ring (bicyclic) bond motifs is 1. The predicted octanol–water partition coefficient (Wildman–Crippen LogP) is 1.81. The Kier molecular flexibility index (Phi) is 3.31. The van der Waals surface area contributed by atoms with E-state index in [0.717, 1.165) is 11.3 Å². The molecule has 5 heteroatoms. The number of aromatic nitrogens is 1. The molecule has 1 aromatic heterocycles. The molecule has 1 unspecified atom stereocenters. The van der Waals surface area contributed by atoms with Gasteiger partial charge in [0.05, 0.1) is 5.71 Å². The van der Waals surface area contributed by atoms with Gasteiger partial charge in [-0.05, 0) is 31.2 Å². The molecule has 1 aliphatic carbocycles. The highest BCUT2D eigenvalue weighted by atomic mass is 16.2. The summed E-state index contributed by atoms with van der Waals surface area (Å²) in [7, 11) is 0. The minimum absolute atomic E-state index is 0.0478. The number of allylic oxidation sites excluding steroid dienone is 3. The Hall–Kier alpha value is -2.82. The molecule has 3 rings (SSSR count). The third kappa shape index (κ3) is 2.72. The molecule has 1 atom stereocenters. The van der Waals surface area contributed by atoms with Crippen LogP contribution in [-0.2, 0) is 4.79 Å². The van der Waals surface area contributed by atoms with Crippen LogP contribution in [0.15, 0.2) is 65.0 Å². The zero-order chi connectivity index (χ0) is 14.8. The topological polar surface area (TPSA) is 71.4 Å². The van der Waals surface area contributed by atoms with E-state index >= 15 is 0 Å². The Morgan fingerprint density at radius 3 is 2.95 bits per heavy atom. The van der Waals surface area contributed by atoms with Crippen molar-refractivity contribution < 1.29 is 9.59 Å². The summed E-state index contributed by atoms with van der Waals surface area (Å²) in [6.45, 7) is 1.91. The number of carbonyl (C=O) groups excluding carboxylic acids is 2. The van der Waals surface area contributed by atoms with Crippen LogP contribution >= 0.6 is 0 Å². The average molecular weight is 279 g/mol. The van der Waals surface area contributed by atoms with Crippen molar-refractivity contribution in [2.45, 2.75) is 6.92 Å². The van der Waals surface area contributed by atoms with Gasteiger partial charge in [-0.2, -0.15) is 0 Å². The van der Waals surface area contributed by atoms with Crippen LogP contribution in [0.5, 0.6) is 0 Å². The minimum atomic E-state index is -0.403. The summed E-state index contributed by atoms with van der Waals surface area (Å²) >= 11 is 0. The maximum atomic E-state index is 12.0. The number of pyridine rings is 1. The highest BCUT2D eigenvalue weighted by Gasteiger charge is 2.23. The van der Waals surface area contributed by atoms with Crippen LogP contribution in [0.1, 0.15) is 17.4 Å². The van der Waals surface area contributed by atoms with Crippen molar-refractivity contribution in [3.8, 4) is 0 Å². The molecule has 2 heterocycles. The van der Waals surface area contributed by atoms with Crippen molar-refractivity contribution in [2.24, 2.45) is 10.9 Å². The summed E-state index contributed by atoms with van der Waals surface area (Å²) in [6, 6.07) is 5.09. The van der Waals surface area contributed by atoms with Crippen LogP contribution in [0.3, 0.4) is 0 Å². The second-order valence-corrected chi connectivity index (χ2v) is 4.87. The number of rotatable bonds is 1. The first-order valence-corrected chi connectivity index (χ1v) is 6.56. The molecule has 1 aliphatic heterocycles. The molecular formula is C16H13N3O2. The fourth-order valence-corrected chi connectivity index (χ4v) is 2.31. The molecule has 0 fully saturated rings. The average Bonchev–Trinajstić information content (AvgIpc) is 2.47. The first kappa shape index (κ1) is 13.2. The first-order chi connectivity index (χ1) is 10.1. The zero-order valence-corrected chi connectivity index (χ0v) is 11.4. The number of carbonyl (C=O) groups is 2. The van der Waals surface area contributed by atoms with Crippen molar-refractivity contribution in [1.29, 1.82) is 0 Å². The van der Waals surface area contributed by atoms with Crippen molar-refractivity contribution in [2.75, 3.05) is 0 Å². The molecule has 0 radical (unpaired) electrons. The van der Waals surface area contributed by atoms with E-state index in [0.29, 0.717) is 11.4 Å². The Morgan fingerprint density at radius 2 is 2.19 bits per heavy atom. The monoisotopic (exact) mass is 279 g/mol. The number of hydrogen-bond acceptors (Lipinski definition) is 3. The lowest BCUT2D eigenvalue weighted by Crippen LogP contribution is -2.32. The SMILES string of the molecule is CC1=CC(=O)NC2=CC(=NC(=O)c3ccccn3)C=CC12. The quantitative estimate of drug-likeness (QED) is 0.852. The molecule has 0 saturated heterocycles. The van der Waals surface area contributed by atoms with Gasteiger partial charge in [-0.15, -0.1) is 0 Å². The van der Waals surface area contributed by atoms with E-state index in [4.69, 9.17) is 0 Å². The summed E-state index contributed by atoms with van der Waals surface area (Å²) in [5.41, 5.74) is 2.51. The van der Waals surface area contributed by atoms with Gasteiger partial charge in [0.25, 0.3) is 5.91 Å². The van der Waals surface area contributed by atoms with Gasteiger partial charge in [0.1, 0.15) is 5.69 Å². The third-order valence-electron chi connectivity index (χ3n) is 3.33. The van der Waals surface area contributed by atoms with Crippen molar-refractivity contribution in [1.82, 2.24) is 10.3 Å². The Bertz CT molecular complexity index is 727. The van der Waals surface area contributed by atoms with Gasteiger partial charge in [-0.3, -0.25) is 14.6 Å². The van der Waals surface area contributed by atoms with Gasteiger partial charge >= 0.3 is 0 Å². The minimum Gasteiger partial charge on any atom is -0.325 e. The molecule has 0 bridgehead atoms. The molecule has 21 heavy (non-hydrogen) atoms. The fraction of sp³-hybridized carbons (Fsp3) is 0.125.